The Morgan fingerprint density at radius 3 is 2.50 bits per heavy atom. The van der Waals surface area contributed by atoms with E-state index < -0.39 is 0 Å². The van der Waals surface area contributed by atoms with Gasteiger partial charge in [-0.15, -0.1) is 0 Å². The fourth-order valence-electron chi connectivity index (χ4n) is 0.845. The van der Waals surface area contributed by atoms with Crippen molar-refractivity contribution < 1.29 is 9.84 Å². The molecule has 0 amide bonds. The summed E-state index contributed by atoms with van der Waals surface area (Å²) in [7, 11) is 0. The van der Waals surface area contributed by atoms with Gasteiger partial charge in [-0.2, -0.15) is 0 Å². The number of hydrogen-bond acceptors (Lipinski definition) is 3. The van der Waals surface area contributed by atoms with Crippen LogP contribution in [0.4, 0.5) is 0 Å². The lowest BCUT2D eigenvalue weighted by atomic mass is 10.4. The number of nitrogens with one attached hydrogen (secondary N) is 1. The van der Waals surface area contributed by atoms with Crippen LogP contribution in [0.25, 0.3) is 0 Å². The molecular weight excluding hydrogens is 154 g/mol. The largest absolute Gasteiger partial charge is 0.396 e. The zero-order chi connectivity index (χ0) is 9.23. The van der Waals surface area contributed by atoms with E-state index in [-0.39, 0.29) is 6.61 Å². The summed E-state index contributed by atoms with van der Waals surface area (Å²) in [4.78, 5) is 0. The van der Waals surface area contributed by atoms with Crippen molar-refractivity contribution in [3.63, 3.8) is 0 Å². The highest BCUT2D eigenvalue weighted by Gasteiger charge is 1.92. The molecule has 0 fully saturated rings. The molecule has 12 heavy (non-hydrogen) atoms. The summed E-state index contributed by atoms with van der Waals surface area (Å²) in [6.07, 6.45) is 2.22. The van der Waals surface area contributed by atoms with Crippen molar-refractivity contribution in [1.29, 1.82) is 0 Å². The molecule has 0 saturated heterocycles. The summed E-state index contributed by atoms with van der Waals surface area (Å²) in [5.74, 6) is 0. The molecule has 3 nitrogen and oxygen atoms in total. The number of aliphatic hydroxyl groups is 1. The zero-order valence-electron chi connectivity index (χ0n) is 8.18. The summed E-state index contributed by atoms with van der Waals surface area (Å²) < 4.78 is 5.36. The van der Waals surface area contributed by atoms with Crippen LogP contribution in [0.3, 0.4) is 0 Å². The molecule has 0 unspecified atom stereocenters. The summed E-state index contributed by atoms with van der Waals surface area (Å²) in [5.41, 5.74) is 0. The predicted molar refractivity (Wildman–Crippen MR) is 50.3 cm³/mol. The molecule has 0 saturated carbocycles. The van der Waals surface area contributed by atoms with Gasteiger partial charge in [0.1, 0.15) is 0 Å². The maximum absolute atomic E-state index is 8.48. The zero-order valence-corrected chi connectivity index (χ0v) is 8.18. The predicted octanol–water partition coefficient (Wildman–Crippen LogP) is 0.774. The number of hydrogen-bond donors (Lipinski definition) is 2. The minimum Gasteiger partial charge on any atom is -0.396 e. The van der Waals surface area contributed by atoms with E-state index in [1.807, 2.05) is 13.8 Å². The highest BCUT2D eigenvalue weighted by molar-refractivity contribution is 4.47. The van der Waals surface area contributed by atoms with E-state index in [0.29, 0.717) is 6.10 Å². The van der Waals surface area contributed by atoms with Crippen molar-refractivity contribution in [2.75, 3.05) is 26.3 Å². The second-order valence-electron chi connectivity index (χ2n) is 3.10. The van der Waals surface area contributed by atoms with Gasteiger partial charge < -0.3 is 15.2 Å². The third-order valence-electron chi connectivity index (χ3n) is 1.46. The Kier molecular flexibility index (Phi) is 8.88. The lowest BCUT2D eigenvalue weighted by molar-refractivity contribution is 0.0770. The molecule has 0 aromatic carbocycles. The molecule has 0 aromatic heterocycles. The summed E-state index contributed by atoms with van der Waals surface area (Å²) in [6, 6.07) is 0. The Morgan fingerprint density at radius 2 is 1.92 bits per heavy atom. The number of aliphatic hydroxyl groups excluding tert-OH is 1. The van der Waals surface area contributed by atoms with Crippen molar-refractivity contribution in [2.24, 2.45) is 0 Å². The van der Waals surface area contributed by atoms with E-state index >= 15 is 0 Å². The molecule has 3 heteroatoms. The average Bonchev–Trinajstić information content (AvgIpc) is 2.02. The monoisotopic (exact) mass is 175 g/mol. The average molecular weight is 175 g/mol. The Morgan fingerprint density at radius 1 is 1.25 bits per heavy atom. The van der Waals surface area contributed by atoms with Crippen LogP contribution in [-0.4, -0.2) is 37.5 Å². The van der Waals surface area contributed by atoms with Crippen LogP contribution in [0.1, 0.15) is 26.7 Å². The van der Waals surface area contributed by atoms with Crippen molar-refractivity contribution in [3.8, 4) is 0 Å². The number of ether oxygens (including phenoxy) is 1. The Balaban J connectivity index is 2.82. The Hall–Kier alpha value is -0.120. The van der Waals surface area contributed by atoms with E-state index in [1.54, 1.807) is 0 Å². The molecule has 0 bridgehead atoms. The molecule has 0 spiro atoms. The fourth-order valence-corrected chi connectivity index (χ4v) is 0.845. The van der Waals surface area contributed by atoms with Crippen LogP contribution in [0, 0.1) is 0 Å². The molecule has 0 radical (unpaired) electrons. The first kappa shape index (κ1) is 11.9. The van der Waals surface area contributed by atoms with Gasteiger partial charge in [0.25, 0.3) is 0 Å². The highest BCUT2D eigenvalue weighted by atomic mass is 16.5. The van der Waals surface area contributed by atoms with Gasteiger partial charge in [-0.05, 0) is 39.8 Å². The smallest absolute Gasteiger partial charge is 0.0518 e. The molecule has 74 valence electrons. The van der Waals surface area contributed by atoms with Gasteiger partial charge in [0, 0.05) is 13.2 Å². The molecule has 0 aliphatic carbocycles. The van der Waals surface area contributed by atoms with Gasteiger partial charge in [-0.3, -0.25) is 0 Å². The molecular formula is C9H21NO2. The van der Waals surface area contributed by atoms with Crippen LogP contribution in [0.15, 0.2) is 0 Å². The minimum absolute atomic E-state index is 0.273. The standard InChI is InChI=1S/C9H21NO2/c1-9(2)12-8-4-6-10-5-3-7-11/h9-11H,3-8H2,1-2H3. The maximum atomic E-state index is 8.48. The van der Waals surface area contributed by atoms with Crippen LogP contribution in [-0.2, 0) is 4.74 Å². The normalized spacial score (nSPS) is 11.0. The molecule has 0 aromatic rings. The third-order valence-corrected chi connectivity index (χ3v) is 1.46. The topological polar surface area (TPSA) is 41.5 Å². The van der Waals surface area contributed by atoms with Gasteiger partial charge in [-0.1, -0.05) is 0 Å². The SMILES string of the molecule is CC(C)OCCCNCCCO. The van der Waals surface area contributed by atoms with Gasteiger partial charge in [0.05, 0.1) is 6.10 Å². The second kappa shape index (κ2) is 8.97. The van der Waals surface area contributed by atoms with Crippen LogP contribution >= 0.6 is 0 Å². The Bertz CT molecular complexity index is 86.6. The van der Waals surface area contributed by atoms with Crippen LogP contribution in [0.5, 0.6) is 0 Å². The van der Waals surface area contributed by atoms with Crippen molar-refractivity contribution >= 4 is 0 Å². The van der Waals surface area contributed by atoms with E-state index in [1.165, 1.54) is 0 Å². The van der Waals surface area contributed by atoms with E-state index in [4.69, 9.17) is 9.84 Å². The summed E-state index contributed by atoms with van der Waals surface area (Å²) in [6.45, 7) is 7.06. The first-order chi connectivity index (χ1) is 5.77. The van der Waals surface area contributed by atoms with E-state index in [0.717, 1.165) is 32.5 Å². The quantitative estimate of drug-likeness (QED) is 0.535. The summed E-state index contributed by atoms with van der Waals surface area (Å²) in [5, 5.41) is 11.7. The van der Waals surface area contributed by atoms with Crippen molar-refractivity contribution in [2.45, 2.75) is 32.8 Å². The van der Waals surface area contributed by atoms with Crippen molar-refractivity contribution in [3.05, 3.63) is 0 Å². The first-order valence-electron chi connectivity index (χ1n) is 4.70. The van der Waals surface area contributed by atoms with Gasteiger partial charge >= 0.3 is 0 Å². The summed E-state index contributed by atoms with van der Waals surface area (Å²) >= 11 is 0. The molecule has 0 atom stereocenters. The van der Waals surface area contributed by atoms with Gasteiger partial charge in [0.15, 0.2) is 0 Å². The van der Waals surface area contributed by atoms with Crippen molar-refractivity contribution in [1.82, 2.24) is 5.32 Å². The first-order valence-corrected chi connectivity index (χ1v) is 4.70. The molecule has 0 rings (SSSR count). The molecule has 0 aliphatic rings. The molecule has 2 N–H and O–H groups in total. The van der Waals surface area contributed by atoms with Crippen LogP contribution < -0.4 is 5.32 Å². The molecule has 0 heterocycles. The highest BCUT2D eigenvalue weighted by Crippen LogP contribution is 1.88. The second-order valence-corrected chi connectivity index (χ2v) is 3.10. The third kappa shape index (κ3) is 9.88. The van der Waals surface area contributed by atoms with Gasteiger partial charge in [0.2, 0.25) is 0 Å². The fraction of sp³-hybridized carbons (Fsp3) is 1.00. The maximum Gasteiger partial charge on any atom is 0.0518 e. The lowest BCUT2D eigenvalue weighted by Crippen LogP contribution is -2.19. The van der Waals surface area contributed by atoms with Gasteiger partial charge in [-0.25, -0.2) is 0 Å². The van der Waals surface area contributed by atoms with E-state index in [2.05, 4.69) is 5.32 Å². The Labute approximate surface area is 75.1 Å². The minimum atomic E-state index is 0.273. The number of rotatable bonds is 8. The lowest BCUT2D eigenvalue weighted by Gasteiger charge is -2.07. The molecule has 0 aliphatic heterocycles. The van der Waals surface area contributed by atoms with Crippen LogP contribution in [0.2, 0.25) is 0 Å². The van der Waals surface area contributed by atoms with E-state index in [9.17, 15) is 0 Å².